The lowest BCUT2D eigenvalue weighted by atomic mass is 9.84. The van der Waals surface area contributed by atoms with Crippen molar-refractivity contribution in [3.63, 3.8) is 0 Å². The Bertz CT molecular complexity index is 79.3. The average Bonchev–Trinajstić information content (AvgIpc) is 1.84. The van der Waals surface area contributed by atoms with Gasteiger partial charge in [-0.3, -0.25) is 0 Å². The number of hydrogen-bond acceptors (Lipinski definition) is 2. The van der Waals surface area contributed by atoms with Gasteiger partial charge in [-0.25, -0.2) is 0 Å². The Kier molecular flexibility index (Phi) is 4.65. The van der Waals surface area contributed by atoms with Gasteiger partial charge >= 0.3 is 0 Å². The van der Waals surface area contributed by atoms with Crippen molar-refractivity contribution in [2.75, 3.05) is 13.1 Å². The highest BCUT2D eigenvalue weighted by Gasteiger charge is 2.14. The quantitative estimate of drug-likeness (QED) is 0.607. The molecular formula is C8H20N2. The second-order valence-corrected chi connectivity index (χ2v) is 3.60. The highest BCUT2D eigenvalue weighted by atomic mass is 14.5. The molecule has 0 fully saturated rings. The first kappa shape index (κ1) is 9.92. The van der Waals surface area contributed by atoms with Crippen LogP contribution in [-0.2, 0) is 0 Å². The summed E-state index contributed by atoms with van der Waals surface area (Å²) in [5.74, 6) is 0. The molecule has 0 aromatic rings. The van der Waals surface area contributed by atoms with Gasteiger partial charge in [-0.2, -0.15) is 0 Å². The molecule has 2 nitrogen and oxygen atoms in total. The molecule has 0 bridgehead atoms. The normalized spacial score (nSPS) is 12.0. The molecule has 0 saturated carbocycles. The van der Waals surface area contributed by atoms with E-state index in [9.17, 15) is 0 Å². The third-order valence-electron chi connectivity index (χ3n) is 1.88. The van der Waals surface area contributed by atoms with Crippen LogP contribution in [0.5, 0.6) is 0 Å². The molecule has 0 saturated heterocycles. The van der Waals surface area contributed by atoms with Crippen molar-refractivity contribution in [3.8, 4) is 0 Å². The van der Waals surface area contributed by atoms with Crippen LogP contribution < -0.4 is 11.5 Å². The summed E-state index contributed by atoms with van der Waals surface area (Å²) in [6.07, 6.45) is 3.42. The van der Waals surface area contributed by atoms with Crippen LogP contribution in [0.3, 0.4) is 0 Å². The van der Waals surface area contributed by atoms with Gasteiger partial charge in [-0.1, -0.05) is 13.8 Å². The van der Waals surface area contributed by atoms with E-state index >= 15 is 0 Å². The number of rotatable bonds is 5. The minimum Gasteiger partial charge on any atom is -0.330 e. The van der Waals surface area contributed by atoms with E-state index in [2.05, 4.69) is 13.8 Å². The van der Waals surface area contributed by atoms with Gasteiger partial charge in [0.25, 0.3) is 0 Å². The first-order valence-electron chi connectivity index (χ1n) is 4.02. The van der Waals surface area contributed by atoms with Crippen LogP contribution in [0, 0.1) is 5.41 Å². The predicted octanol–water partition coefficient (Wildman–Crippen LogP) is 1.10. The van der Waals surface area contributed by atoms with Gasteiger partial charge in [-0.05, 0) is 37.8 Å². The SMILES string of the molecule is CC(C)(CCN)CCCN. The molecule has 0 aliphatic rings. The minimum absolute atomic E-state index is 0.397. The first-order chi connectivity index (χ1) is 4.62. The molecule has 0 aromatic heterocycles. The molecule has 0 amide bonds. The van der Waals surface area contributed by atoms with Crippen molar-refractivity contribution in [2.24, 2.45) is 16.9 Å². The summed E-state index contributed by atoms with van der Waals surface area (Å²) >= 11 is 0. The van der Waals surface area contributed by atoms with Crippen LogP contribution in [0.25, 0.3) is 0 Å². The van der Waals surface area contributed by atoms with Crippen LogP contribution >= 0.6 is 0 Å². The largest absolute Gasteiger partial charge is 0.330 e. The van der Waals surface area contributed by atoms with Gasteiger partial charge in [0.1, 0.15) is 0 Å². The van der Waals surface area contributed by atoms with E-state index in [-0.39, 0.29) is 0 Å². The maximum absolute atomic E-state index is 5.46. The van der Waals surface area contributed by atoms with E-state index in [1.54, 1.807) is 0 Å². The van der Waals surface area contributed by atoms with Crippen molar-refractivity contribution in [1.29, 1.82) is 0 Å². The topological polar surface area (TPSA) is 52.0 Å². The monoisotopic (exact) mass is 144 g/mol. The maximum atomic E-state index is 5.46. The zero-order valence-electron chi connectivity index (χ0n) is 7.19. The summed E-state index contributed by atoms with van der Waals surface area (Å²) < 4.78 is 0. The fourth-order valence-electron chi connectivity index (χ4n) is 1.10. The van der Waals surface area contributed by atoms with E-state index in [0.717, 1.165) is 25.9 Å². The van der Waals surface area contributed by atoms with E-state index in [4.69, 9.17) is 11.5 Å². The van der Waals surface area contributed by atoms with Gasteiger partial charge in [0, 0.05) is 0 Å². The minimum atomic E-state index is 0.397. The summed E-state index contributed by atoms with van der Waals surface area (Å²) in [4.78, 5) is 0. The van der Waals surface area contributed by atoms with Gasteiger partial charge in [0.2, 0.25) is 0 Å². The molecule has 0 radical (unpaired) electrons. The highest BCUT2D eigenvalue weighted by Crippen LogP contribution is 2.25. The van der Waals surface area contributed by atoms with Gasteiger partial charge in [-0.15, -0.1) is 0 Å². The van der Waals surface area contributed by atoms with Crippen LogP contribution in [-0.4, -0.2) is 13.1 Å². The number of nitrogens with two attached hydrogens (primary N) is 2. The summed E-state index contributed by atoms with van der Waals surface area (Å²) in [7, 11) is 0. The standard InChI is InChI=1S/C8H20N2/c1-8(2,5-7-10)4-3-6-9/h3-7,9-10H2,1-2H3. The molecular weight excluding hydrogens is 124 g/mol. The van der Waals surface area contributed by atoms with E-state index in [1.165, 1.54) is 6.42 Å². The molecule has 0 rings (SSSR count). The Labute approximate surface area is 64.0 Å². The zero-order chi connectivity index (χ0) is 8.04. The van der Waals surface area contributed by atoms with Crippen molar-refractivity contribution in [2.45, 2.75) is 33.1 Å². The summed E-state index contributed by atoms with van der Waals surface area (Å²) in [6, 6.07) is 0. The van der Waals surface area contributed by atoms with Crippen molar-refractivity contribution in [3.05, 3.63) is 0 Å². The van der Waals surface area contributed by atoms with E-state index in [1.807, 2.05) is 0 Å². The molecule has 10 heavy (non-hydrogen) atoms. The van der Waals surface area contributed by atoms with Crippen LogP contribution in [0.2, 0.25) is 0 Å². The second kappa shape index (κ2) is 4.69. The molecule has 0 unspecified atom stereocenters. The van der Waals surface area contributed by atoms with Crippen LogP contribution in [0.15, 0.2) is 0 Å². The molecule has 2 heteroatoms. The molecule has 0 aliphatic heterocycles. The maximum Gasteiger partial charge on any atom is -0.00722 e. The lowest BCUT2D eigenvalue weighted by Crippen LogP contribution is -2.18. The Morgan fingerprint density at radius 3 is 2.00 bits per heavy atom. The smallest absolute Gasteiger partial charge is 0.00722 e. The van der Waals surface area contributed by atoms with Gasteiger partial charge in [0.05, 0.1) is 0 Å². The first-order valence-corrected chi connectivity index (χ1v) is 4.02. The summed E-state index contributed by atoms with van der Waals surface area (Å²) in [5.41, 5.74) is 11.3. The highest BCUT2D eigenvalue weighted by molar-refractivity contribution is 4.68. The predicted molar refractivity (Wildman–Crippen MR) is 45.7 cm³/mol. The molecule has 0 aromatic carbocycles. The summed E-state index contributed by atoms with van der Waals surface area (Å²) in [5, 5.41) is 0. The van der Waals surface area contributed by atoms with Crippen LogP contribution in [0.1, 0.15) is 33.1 Å². The third kappa shape index (κ3) is 4.77. The summed E-state index contributed by atoms with van der Waals surface area (Å²) in [6.45, 7) is 6.08. The fraction of sp³-hybridized carbons (Fsp3) is 1.00. The molecule has 0 heterocycles. The zero-order valence-corrected chi connectivity index (χ0v) is 7.19. The van der Waals surface area contributed by atoms with Crippen LogP contribution in [0.4, 0.5) is 0 Å². The molecule has 0 spiro atoms. The molecule has 62 valence electrons. The third-order valence-corrected chi connectivity index (χ3v) is 1.88. The Balaban J connectivity index is 3.42. The lowest BCUT2D eigenvalue weighted by Gasteiger charge is -2.23. The van der Waals surface area contributed by atoms with E-state index < -0.39 is 0 Å². The molecule has 0 aliphatic carbocycles. The van der Waals surface area contributed by atoms with Crippen molar-refractivity contribution < 1.29 is 0 Å². The fourth-order valence-corrected chi connectivity index (χ4v) is 1.10. The molecule has 0 atom stereocenters. The average molecular weight is 144 g/mol. The van der Waals surface area contributed by atoms with Gasteiger partial charge < -0.3 is 11.5 Å². The van der Waals surface area contributed by atoms with Crippen molar-refractivity contribution >= 4 is 0 Å². The Morgan fingerprint density at radius 2 is 1.60 bits per heavy atom. The Hall–Kier alpha value is -0.0800. The lowest BCUT2D eigenvalue weighted by molar-refractivity contribution is 0.306. The Morgan fingerprint density at radius 1 is 1.00 bits per heavy atom. The molecule has 4 N–H and O–H groups in total. The second-order valence-electron chi connectivity index (χ2n) is 3.60. The van der Waals surface area contributed by atoms with E-state index in [0.29, 0.717) is 5.41 Å². The number of hydrogen-bond donors (Lipinski definition) is 2. The van der Waals surface area contributed by atoms with Crippen molar-refractivity contribution in [1.82, 2.24) is 0 Å². The van der Waals surface area contributed by atoms with Gasteiger partial charge in [0.15, 0.2) is 0 Å².